The molecule has 4 nitrogen and oxygen atoms in total. The summed E-state index contributed by atoms with van der Waals surface area (Å²) in [7, 11) is 1.48. The average molecular weight is 428 g/mol. The predicted octanol–water partition coefficient (Wildman–Crippen LogP) is 5.11. The second kappa shape index (κ2) is 7.12. The molecule has 2 aromatic carbocycles. The van der Waals surface area contributed by atoms with Crippen LogP contribution in [0.15, 0.2) is 59.2 Å². The van der Waals surface area contributed by atoms with E-state index in [0.717, 1.165) is 21.8 Å². The van der Waals surface area contributed by atoms with E-state index in [1.54, 1.807) is 18.2 Å². The minimum atomic E-state index is -0.437. The third-order valence-electron chi connectivity index (χ3n) is 4.59. The van der Waals surface area contributed by atoms with Crippen LogP contribution in [-0.2, 0) is 11.2 Å². The summed E-state index contributed by atoms with van der Waals surface area (Å²) in [6.07, 6.45) is 1.33. The van der Waals surface area contributed by atoms with Crippen LogP contribution in [0.2, 0.25) is 0 Å². The van der Waals surface area contributed by atoms with Gasteiger partial charge in [0.2, 0.25) is 5.88 Å². The van der Waals surface area contributed by atoms with E-state index >= 15 is 0 Å². The number of halogens is 2. The Morgan fingerprint density at radius 1 is 1.19 bits per heavy atom. The van der Waals surface area contributed by atoms with Crippen molar-refractivity contribution in [2.75, 3.05) is 7.11 Å². The molecule has 0 N–H and O–H groups in total. The van der Waals surface area contributed by atoms with Crippen LogP contribution in [-0.4, -0.2) is 18.1 Å². The van der Waals surface area contributed by atoms with Gasteiger partial charge in [-0.15, -0.1) is 0 Å². The monoisotopic (exact) mass is 427 g/mol. The molecule has 2 heterocycles. The molecular formula is C21H15BrFNO3. The molecule has 0 saturated heterocycles. The molecule has 3 aromatic rings. The molecule has 0 aliphatic carbocycles. The molecule has 0 radical (unpaired) electrons. The zero-order valence-electron chi connectivity index (χ0n) is 14.4. The maximum absolute atomic E-state index is 14.2. The van der Waals surface area contributed by atoms with E-state index in [2.05, 4.69) is 20.9 Å². The van der Waals surface area contributed by atoms with Gasteiger partial charge in [-0.1, -0.05) is 46.3 Å². The second-order valence-corrected chi connectivity index (χ2v) is 7.05. The van der Waals surface area contributed by atoms with E-state index < -0.39 is 11.9 Å². The Labute approximate surface area is 164 Å². The minimum absolute atomic E-state index is 0.331. The number of aromatic nitrogens is 1. The number of cyclic esters (lactones) is 1. The summed E-state index contributed by atoms with van der Waals surface area (Å²) in [5.41, 5.74) is 3.46. The average Bonchev–Trinajstić information content (AvgIpc) is 2.68. The Bertz CT molecular complexity index is 1040. The number of benzene rings is 2. The predicted molar refractivity (Wildman–Crippen MR) is 102 cm³/mol. The van der Waals surface area contributed by atoms with Gasteiger partial charge in [-0.3, -0.25) is 0 Å². The number of hydrogen-bond donors (Lipinski definition) is 0. The van der Waals surface area contributed by atoms with Gasteiger partial charge in [-0.2, -0.15) is 0 Å². The van der Waals surface area contributed by atoms with E-state index in [1.807, 2.05) is 30.3 Å². The summed E-state index contributed by atoms with van der Waals surface area (Å²) in [5, 5.41) is 0. The zero-order chi connectivity index (χ0) is 19.0. The number of pyridine rings is 1. The highest BCUT2D eigenvalue weighted by atomic mass is 79.9. The summed E-state index contributed by atoms with van der Waals surface area (Å²) in [6, 6.07) is 14.4. The normalized spacial score (nSPS) is 15.8. The molecule has 1 aliphatic rings. The summed E-state index contributed by atoms with van der Waals surface area (Å²) in [6.45, 7) is 0. The summed E-state index contributed by atoms with van der Waals surface area (Å²) >= 11 is 3.54. The van der Waals surface area contributed by atoms with Gasteiger partial charge in [-0.05, 0) is 23.3 Å². The van der Waals surface area contributed by atoms with Gasteiger partial charge < -0.3 is 9.47 Å². The Kier molecular flexibility index (Phi) is 4.66. The molecule has 0 spiro atoms. The molecule has 6 heteroatoms. The molecule has 4 rings (SSSR count). The van der Waals surface area contributed by atoms with E-state index in [-0.39, 0.29) is 5.97 Å². The number of rotatable bonds is 3. The maximum Gasteiger partial charge on any atom is 0.339 e. The second-order valence-electron chi connectivity index (χ2n) is 6.20. The van der Waals surface area contributed by atoms with Crippen molar-refractivity contribution in [1.82, 2.24) is 4.98 Å². The zero-order valence-corrected chi connectivity index (χ0v) is 16.0. The molecule has 1 aromatic heterocycles. The van der Waals surface area contributed by atoms with Gasteiger partial charge >= 0.3 is 5.97 Å². The standard InChI is InChI=1S/C21H15BrFNO3/c1-26-20-10-16(18(23)11-24-20)13-6-7-15(17(22)8-13)19-9-12-4-2-3-5-14(12)21(25)27-19/h2-8,10-11,19H,9H2,1H3. The van der Waals surface area contributed by atoms with Crippen LogP contribution >= 0.6 is 15.9 Å². The van der Waals surface area contributed by atoms with Crippen molar-refractivity contribution in [3.8, 4) is 17.0 Å². The summed E-state index contributed by atoms with van der Waals surface area (Å²) < 4.78 is 25.6. The molecular weight excluding hydrogens is 413 g/mol. The lowest BCUT2D eigenvalue weighted by atomic mass is 9.93. The number of carbonyl (C=O) groups is 1. The quantitative estimate of drug-likeness (QED) is 0.544. The number of fused-ring (bicyclic) bond motifs is 1. The molecule has 1 aliphatic heterocycles. The Morgan fingerprint density at radius 2 is 2.00 bits per heavy atom. The molecule has 1 atom stereocenters. The number of nitrogens with zero attached hydrogens (tertiary/aromatic N) is 1. The van der Waals surface area contributed by atoms with Crippen molar-refractivity contribution in [3.05, 3.63) is 81.7 Å². The molecule has 0 amide bonds. The lowest BCUT2D eigenvalue weighted by Gasteiger charge is -2.26. The Hall–Kier alpha value is -2.73. The maximum atomic E-state index is 14.2. The fraction of sp³-hybridized carbons (Fsp3) is 0.143. The fourth-order valence-electron chi connectivity index (χ4n) is 3.21. The fourth-order valence-corrected chi connectivity index (χ4v) is 3.85. The highest BCUT2D eigenvalue weighted by Gasteiger charge is 2.28. The van der Waals surface area contributed by atoms with Crippen molar-refractivity contribution >= 4 is 21.9 Å². The Balaban J connectivity index is 1.68. The minimum Gasteiger partial charge on any atom is -0.481 e. The van der Waals surface area contributed by atoms with Crippen molar-refractivity contribution in [1.29, 1.82) is 0 Å². The number of carbonyl (C=O) groups excluding carboxylic acids is 1. The highest BCUT2D eigenvalue weighted by Crippen LogP contribution is 2.37. The first-order valence-electron chi connectivity index (χ1n) is 8.35. The van der Waals surface area contributed by atoms with E-state index in [0.29, 0.717) is 29.0 Å². The van der Waals surface area contributed by atoms with Crippen LogP contribution in [0.4, 0.5) is 4.39 Å². The molecule has 0 saturated carbocycles. The van der Waals surface area contributed by atoms with E-state index in [9.17, 15) is 9.18 Å². The van der Waals surface area contributed by atoms with Crippen LogP contribution in [0.3, 0.4) is 0 Å². The number of ether oxygens (including phenoxy) is 2. The molecule has 27 heavy (non-hydrogen) atoms. The third-order valence-corrected chi connectivity index (χ3v) is 5.28. The third kappa shape index (κ3) is 3.32. The molecule has 0 bridgehead atoms. The number of methoxy groups -OCH3 is 1. The smallest absolute Gasteiger partial charge is 0.339 e. The van der Waals surface area contributed by atoms with Crippen molar-refractivity contribution in [2.45, 2.75) is 12.5 Å². The lowest BCUT2D eigenvalue weighted by molar-refractivity contribution is 0.0251. The van der Waals surface area contributed by atoms with Gasteiger partial charge in [0.25, 0.3) is 0 Å². The summed E-state index contributed by atoms with van der Waals surface area (Å²) in [4.78, 5) is 16.1. The first kappa shape index (κ1) is 17.7. The first-order valence-corrected chi connectivity index (χ1v) is 9.14. The van der Waals surface area contributed by atoms with E-state index in [4.69, 9.17) is 9.47 Å². The van der Waals surface area contributed by atoms with E-state index in [1.165, 1.54) is 7.11 Å². The van der Waals surface area contributed by atoms with Gasteiger partial charge in [0.05, 0.1) is 18.9 Å². The number of hydrogen-bond acceptors (Lipinski definition) is 4. The van der Waals surface area contributed by atoms with Crippen molar-refractivity contribution in [3.63, 3.8) is 0 Å². The lowest BCUT2D eigenvalue weighted by Crippen LogP contribution is -2.21. The topological polar surface area (TPSA) is 48.4 Å². The van der Waals surface area contributed by atoms with Gasteiger partial charge in [0, 0.05) is 28.1 Å². The van der Waals surface area contributed by atoms with Crippen LogP contribution in [0.25, 0.3) is 11.1 Å². The molecule has 136 valence electrons. The molecule has 1 unspecified atom stereocenters. The van der Waals surface area contributed by atoms with Crippen molar-refractivity contribution in [2.24, 2.45) is 0 Å². The van der Waals surface area contributed by atoms with Crippen molar-refractivity contribution < 1.29 is 18.7 Å². The first-order chi connectivity index (χ1) is 13.1. The number of esters is 1. The van der Waals surface area contributed by atoms with Crippen LogP contribution in [0, 0.1) is 5.82 Å². The van der Waals surface area contributed by atoms with Gasteiger partial charge in [0.15, 0.2) is 0 Å². The summed E-state index contributed by atoms with van der Waals surface area (Å²) in [5.74, 6) is -0.430. The van der Waals surface area contributed by atoms with Crippen LogP contribution < -0.4 is 4.74 Å². The largest absolute Gasteiger partial charge is 0.481 e. The molecule has 0 fully saturated rings. The van der Waals surface area contributed by atoms with Crippen LogP contribution in [0.5, 0.6) is 5.88 Å². The van der Waals surface area contributed by atoms with Gasteiger partial charge in [-0.25, -0.2) is 14.2 Å². The Morgan fingerprint density at radius 3 is 2.78 bits per heavy atom. The van der Waals surface area contributed by atoms with Crippen LogP contribution in [0.1, 0.15) is 27.6 Å². The SMILES string of the molecule is COc1cc(-c2ccc(C3Cc4ccccc4C(=O)O3)c(Br)c2)c(F)cn1. The van der Waals surface area contributed by atoms with Gasteiger partial charge in [0.1, 0.15) is 11.9 Å². The highest BCUT2D eigenvalue weighted by molar-refractivity contribution is 9.10.